The summed E-state index contributed by atoms with van der Waals surface area (Å²) in [6.07, 6.45) is 2.50. The molecule has 1 saturated carbocycles. The molecule has 0 spiro atoms. The number of alkyl halides is 3. The third-order valence-electron chi connectivity index (χ3n) is 6.50. The van der Waals surface area contributed by atoms with Crippen molar-refractivity contribution in [1.82, 2.24) is 25.3 Å². The van der Waals surface area contributed by atoms with Crippen molar-refractivity contribution < 1.29 is 22.3 Å². The van der Waals surface area contributed by atoms with E-state index in [1.54, 1.807) is 18.3 Å². The molecule has 6 rings (SSSR count). The molecule has 8 nitrogen and oxygen atoms in total. The van der Waals surface area contributed by atoms with Gasteiger partial charge in [-0.3, -0.25) is 4.98 Å². The zero-order valence-corrected chi connectivity index (χ0v) is 20.1. The van der Waals surface area contributed by atoms with Crippen molar-refractivity contribution in [3.8, 4) is 17.1 Å². The van der Waals surface area contributed by atoms with Crippen LogP contribution in [-0.2, 0) is 0 Å². The van der Waals surface area contributed by atoms with Gasteiger partial charge < -0.3 is 20.3 Å². The van der Waals surface area contributed by atoms with Crippen molar-refractivity contribution in [3.63, 3.8) is 0 Å². The SMILES string of the molecule is Fc1ccc(OC(F)(F)F)cc1Nc1cc(-c2nc(N3CCNCC3)c3c(C4CC4)cncc3n2)ccn1. The summed E-state index contributed by atoms with van der Waals surface area (Å²) in [5.41, 5.74) is 2.30. The van der Waals surface area contributed by atoms with Crippen LogP contribution in [0, 0.1) is 5.82 Å². The first-order valence-corrected chi connectivity index (χ1v) is 12.2. The second-order valence-corrected chi connectivity index (χ2v) is 9.25. The Bertz CT molecular complexity index is 1490. The number of fused-ring (bicyclic) bond motifs is 1. The Balaban J connectivity index is 1.37. The minimum atomic E-state index is -4.89. The predicted molar refractivity (Wildman–Crippen MR) is 134 cm³/mol. The van der Waals surface area contributed by atoms with Gasteiger partial charge in [-0.15, -0.1) is 13.2 Å². The van der Waals surface area contributed by atoms with E-state index in [0.717, 1.165) is 79.5 Å². The molecular weight excluding hydrogens is 502 g/mol. The summed E-state index contributed by atoms with van der Waals surface area (Å²) in [7, 11) is 0. The third-order valence-corrected chi connectivity index (χ3v) is 6.50. The van der Waals surface area contributed by atoms with Crippen LogP contribution in [0.3, 0.4) is 0 Å². The number of nitrogens with zero attached hydrogens (tertiary/aromatic N) is 5. The second-order valence-electron chi connectivity index (χ2n) is 9.25. The summed E-state index contributed by atoms with van der Waals surface area (Å²) in [6.45, 7) is 3.29. The average molecular weight is 526 g/mol. The molecule has 1 saturated heterocycles. The lowest BCUT2D eigenvalue weighted by molar-refractivity contribution is -0.274. The molecule has 0 atom stereocenters. The summed E-state index contributed by atoms with van der Waals surface area (Å²) in [4.78, 5) is 20.7. The highest BCUT2D eigenvalue weighted by molar-refractivity contribution is 5.94. The monoisotopic (exact) mass is 525 g/mol. The maximum atomic E-state index is 14.4. The molecule has 38 heavy (non-hydrogen) atoms. The highest BCUT2D eigenvalue weighted by atomic mass is 19.4. The van der Waals surface area contributed by atoms with E-state index in [-0.39, 0.29) is 11.5 Å². The van der Waals surface area contributed by atoms with Crippen molar-refractivity contribution in [2.45, 2.75) is 25.1 Å². The van der Waals surface area contributed by atoms with E-state index in [4.69, 9.17) is 9.97 Å². The summed E-state index contributed by atoms with van der Waals surface area (Å²) >= 11 is 0. The number of benzene rings is 1. The van der Waals surface area contributed by atoms with Gasteiger partial charge >= 0.3 is 6.36 Å². The molecule has 0 unspecified atom stereocenters. The first-order valence-electron chi connectivity index (χ1n) is 12.2. The summed E-state index contributed by atoms with van der Waals surface area (Å²) < 4.78 is 56.1. The fourth-order valence-corrected chi connectivity index (χ4v) is 4.60. The Morgan fingerprint density at radius 3 is 2.61 bits per heavy atom. The number of rotatable bonds is 6. The van der Waals surface area contributed by atoms with Crippen LogP contribution in [0.15, 0.2) is 48.9 Å². The lowest BCUT2D eigenvalue weighted by atomic mass is 10.1. The van der Waals surface area contributed by atoms with Crippen LogP contribution in [-0.4, -0.2) is 52.5 Å². The van der Waals surface area contributed by atoms with Crippen molar-refractivity contribution in [2.75, 3.05) is 36.4 Å². The molecule has 4 heterocycles. The highest BCUT2D eigenvalue weighted by Crippen LogP contribution is 2.45. The quantitative estimate of drug-likeness (QED) is 0.334. The molecule has 2 fully saturated rings. The highest BCUT2D eigenvalue weighted by Gasteiger charge is 2.31. The Labute approximate surface area is 215 Å². The van der Waals surface area contributed by atoms with Crippen LogP contribution >= 0.6 is 0 Å². The van der Waals surface area contributed by atoms with Crippen LogP contribution in [0.2, 0.25) is 0 Å². The van der Waals surface area contributed by atoms with Crippen LogP contribution in [0.25, 0.3) is 22.3 Å². The molecule has 1 aromatic carbocycles. The number of aromatic nitrogens is 4. The van der Waals surface area contributed by atoms with Gasteiger partial charge in [-0.1, -0.05) is 0 Å². The number of anilines is 3. The number of ether oxygens (including phenoxy) is 1. The van der Waals surface area contributed by atoms with E-state index in [1.807, 2.05) is 6.20 Å². The van der Waals surface area contributed by atoms with Gasteiger partial charge in [0.05, 0.1) is 17.4 Å². The lowest BCUT2D eigenvalue weighted by Crippen LogP contribution is -2.44. The van der Waals surface area contributed by atoms with Gasteiger partial charge in [0.2, 0.25) is 0 Å². The van der Waals surface area contributed by atoms with Gasteiger partial charge in [-0.25, -0.2) is 19.3 Å². The molecule has 2 aliphatic rings. The number of hydrogen-bond donors (Lipinski definition) is 2. The van der Waals surface area contributed by atoms with E-state index in [0.29, 0.717) is 17.3 Å². The number of halogens is 4. The molecule has 2 N–H and O–H groups in total. The Kier molecular flexibility index (Phi) is 6.18. The fourth-order valence-electron chi connectivity index (χ4n) is 4.60. The van der Waals surface area contributed by atoms with Crippen molar-refractivity contribution in [1.29, 1.82) is 0 Å². The number of piperazine rings is 1. The molecule has 1 aliphatic heterocycles. The Morgan fingerprint density at radius 1 is 1.03 bits per heavy atom. The molecular formula is C26H23F4N7O. The standard InChI is InChI=1S/C26H23F4N7O/c27-19-4-3-17(38-26(28,29)30)12-20(19)34-22-11-16(5-6-33-22)24-35-21-14-32-13-18(15-1-2-15)23(21)25(36-24)37-9-7-31-8-10-37/h3-6,11-15,31H,1-2,7-10H2,(H,33,34). The number of hydrogen-bond acceptors (Lipinski definition) is 8. The van der Waals surface area contributed by atoms with Gasteiger partial charge in [0.25, 0.3) is 0 Å². The topological polar surface area (TPSA) is 88.1 Å². The van der Waals surface area contributed by atoms with E-state index >= 15 is 0 Å². The summed E-state index contributed by atoms with van der Waals surface area (Å²) in [6, 6.07) is 6.08. The van der Waals surface area contributed by atoms with Crippen molar-refractivity contribution in [2.24, 2.45) is 0 Å². The van der Waals surface area contributed by atoms with Crippen LogP contribution in [0.1, 0.15) is 24.3 Å². The van der Waals surface area contributed by atoms with Gasteiger partial charge in [0.1, 0.15) is 23.2 Å². The maximum Gasteiger partial charge on any atom is 0.573 e. The minimum Gasteiger partial charge on any atom is -0.406 e. The van der Waals surface area contributed by atoms with Gasteiger partial charge in [-0.2, -0.15) is 0 Å². The van der Waals surface area contributed by atoms with E-state index < -0.39 is 17.9 Å². The molecule has 0 bridgehead atoms. The third kappa shape index (κ3) is 5.17. The first kappa shape index (κ1) is 24.3. The first-order chi connectivity index (χ1) is 18.3. The zero-order valence-electron chi connectivity index (χ0n) is 20.1. The zero-order chi connectivity index (χ0) is 26.3. The minimum absolute atomic E-state index is 0.211. The maximum absolute atomic E-state index is 14.4. The Hall–Kier alpha value is -4.06. The van der Waals surface area contributed by atoms with Crippen molar-refractivity contribution in [3.05, 3.63) is 60.3 Å². The Morgan fingerprint density at radius 2 is 1.84 bits per heavy atom. The van der Waals surface area contributed by atoms with Crippen LogP contribution in [0.5, 0.6) is 5.75 Å². The molecule has 4 aromatic rings. The van der Waals surface area contributed by atoms with Crippen LogP contribution < -0.4 is 20.3 Å². The second kappa shape index (κ2) is 9.67. The lowest BCUT2D eigenvalue weighted by Gasteiger charge is -2.30. The molecule has 3 aromatic heterocycles. The molecule has 0 radical (unpaired) electrons. The summed E-state index contributed by atoms with van der Waals surface area (Å²) in [5.74, 6) is 0.670. The number of nitrogens with one attached hydrogen (secondary N) is 2. The van der Waals surface area contributed by atoms with E-state index in [9.17, 15) is 17.6 Å². The molecule has 0 amide bonds. The van der Waals surface area contributed by atoms with E-state index in [1.165, 1.54) is 6.20 Å². The van der Waals surface area contributed by atoms with Gasteiger partial charge in [-0.05, 0) is 48.6 Å². The average Bonchev–Trinajstić information content (AvgIpc) is 3.75. The predicted octanol–water partition coefficient (Wildman–Crippen LogP) is 5.16. The van der Waals surface area contributed by atoms with Crippen LogP contribution in [0.4, 0.5) is 34.9 Å². The summed E-state index contributed by atoms with van der Waals surface area (Å²) in [5, 5.41) is 7.12. The molecule has 12 heteroatoms. The smallest absolute Gasteiger partial charge is 0.406 e. The number of pyridine rings is 2. The van der Waals surface area contributed by atoms with Gasteiger partial charge in [0.15, 0.2) is 5.82 Å². The van der Waals surface area contributed by atoms with E-state index in [2.05, 4.69) is 30.2 Å². The van der Waals surface area contributed by atoms with Crippen molar-refractivity contribution >= 4 is 28.2 Å². The largest absolute Gasteiger partial charge is 0.573 e. The molecule has 1 aliphatic carbocycles. The molecule has 196 valence electrons. The normalized spacial score (nSPS) is 16.1. The van der Waals surface area contributed by atoms with Gasteiger partial charge in [0, 0.05) is 55.6 Å². The fraction of sp³-hybridized carbons (Fsp3) is 0.308.